The zero-order valence-electron chi connectivity index (χ0n) is 23.6. The molecule has 0 fully saturated rings. The molecule has 0 aromatic heterocycles. The van der Waals surface area contributed by atoms with Gasteiger partial charge >= 0.3 is 0 Å². The number of anilines is 1. The molecule has 4 rings (SSSR count). The van der Waals surface area contributed by atoms with E-state index in [2.05, 4.69) is 5.32 Å². The predicted octanol–water partition coefficient (Wildman–Crippen LogP) is 5.62. The summed E-state index contributed by atoms with van der Waals surface area (Å²) in [6.45, 7) is 3.69. The molecule has 0 aliphatic rings. The van der Waals surface area contributed by atoms with Crippen molar-refractivity contribution in [3.05, 3.63) is 131 Å². The SMILES string of the molecule is CCNC(=O)C(Cc1ccccc1)N(Cc1ccccc1C)C(=O)CN(c1ccccc1Cl)S(=O)(=O)c1ccccc1. The molecule has 218 valence electrons. The Bertz CT molecular complexity index is 1610. The number of nitrogens with one attached hydrogen (secondary N) is 1. The minimum atomic E-state index is -4.20. The molecule has 7 nitrogen and oxygen atoms in total. The lowest BCUT2D eigenvalue weighted by Crippen LogP contribution is -2.53. The van der Waals surface area contributed by atoms with Crippen molar-refractivity contribution in [3.63, 3.8) is 0 Å². The number of carbonyl (C=O) groups is 2. The summed E-state index contributed by atoms with van der Waals surface area (Å²) in [7, 11) is -4.20. The van der Waals surface area contributed by atoms with Gasteiger partial charge in [0.2, 0.25) is 11.8 Å². The fraction of sp³-hybridized carbons (Fsp3) is 0.212. The van der Waals surface area contributed by atoms with Gasteiger partial charge < -0.3 is 10.2 Å². The van der Waals surface area contributed by atoms with Gasteiger partial charge in [0.15, 0.2) is 0 Å². The first kappa shape index (κ1) is 30.8. The first-order chi connectivity index (χ1) is 20.2. The van der Waals surface area contributed by atoms with Gasteiger partial charge in [-0.3, -0.25) is 13.9 Å². The van der Waals surface area contributed by atoms with Crippen molar-refractivity contribution < 1.29 is 18.0 Å². The van der Waals surface area contributed by atoms with E-state index < -0.39 is 28.5 Å². The molecule has 42 heavy (non-hydrogen) atoms. The number of benzene rings is 4. The molecule has 4 aromatic carbocycles. The van der Waals surface area contributed by atoms with Gasteiger partial charge in [-0.25, -0.2) is 8.42 Å². The maximum absolute atomic E-state index is 14.4. The van der Waals surface area contributed by atoms with Gasteiger partial charge in [-0.05, 0) is 54.8 Å². The molecule has 2 amide bonds. The Morgan fingerprint density at radius 1 is 0.833 bits per heavy atom. The van der Waals surface area contributed by atoms with Crippen molar-refractivity contribution in [3.8, 4) is 0 Å². The van der Waals surface area contributed by atoms with Gasteiger partial charge in [0.05, 0.1) is 15.6 Å². The maximum atomic E-state index is 14.4. The highest BCUT2D eigenvalue weighted by atomic mass is 35.5. The van der Waals surface area contributed by atoms with Crippen LogP contribution in [0.2, 0.25) is 5.02 Å². The number of sulfonamides is 1. The van der Waals surface area contributed by atoms with Crippen LogP contribution in [0.25, 0.3) is 0 Å². The van der Waals surface area contributed by atoms with Crippen molar-refractivity contribution in [1.29, 1.82) is 0 Å². The summed E-state index contributed by atoms with van der Waals surface area (Å²) in [5.41, 5.74) is 2.84. The van der Waals surface area contributed by atoms with E-state index in [9.17, 15) is 18.0 Å². The fourth-order valence-corrected chi connectivity index (χ4v) is 6.45. The van der Waals surface area contributed by atoms with E-state index >= 15 is 0 Å². The quantitative estimate of drug-likeness (QED) is 0.228. The van der Waals surface area contributed by atoms with Gasteiger partial charge in [0.1, 0.15) is 12.6 Å². The Morgan fingerprint density at radius 3 is 2.07 bits per heavy atom. The van der Waals surface area contributed by atoms with Crippen molar-refractivity contribution in [1.82, 2.24) is 10.2 Å². The average Bonchev–Trinajstić information content (AvgIpc) is 3.00. The monoisotopic (exact) mass is 603 g/mol. The Kier molecular flexibility index (Phi) is 10.4. The maximum Gasteiger partial charge on any atom is 0.264 e. The average molecular weight is 604 g/mol. The second-order valence-electron chi connectivity index (χ2n) is 9.82. The third kappa shape index (κ3) is 7.38. The molecule has 1 unspecified atom stereocenters. The summed E-state index contributed by atoms with van der Waals surface area (Å²) >= 11 is 6.49. The summed E-state index contributed by atoms with van der Waals surface area (Å²) in [5.74, 6) is -0.858. The second kappa shape index (κ2) is 14.2. The number of carbonyl (C=O) groups excluding carboxylic acids is 2. The van der Waals surface area contributed by atoms with Crippen molar-refractivity contribution in [2.24, 2.45) is 0 Å². The van der Waals surface area contributed by atoms with Gasteiger partial charge in [-0.15, -0.1) is 0 Å². The number of amides is 2. The molecule has 0 saturated heterocycles. The number of aryl methyl sites for hydroxylation is 1. The summed E-state index contributed by atoms with van der Waals surface area (Å²) in [5, 5.41) is 3.05. The Balaban J connectivity index is 1.81. The molecule has 9 heteroatoms. The van der Waals surface area contributed by atoms with Gasteiger partial charge in [0.25, 0.3) is 10.0 Å². The molecule has 0 bridgehead atoms. The molecule has 0 spiro atoms. The summed E-state index contributed by atoms with van der Waals surface area (Å²) in [6.07, 6.45) is 0.252. The van der Waals surface area contributed by atoms with Gasteiger partial charge in [0, 0.05) is 19.5 Å². The van der Waals surface area contributed by atoms with Gasteiger partial charge in [-0.2, -0.15) is 0 Å². The molecular formula is C33H34ClN3O4S. The van der Waals surface area contributed by atoms with E-state index in [1.165, 1.54) is 17.0 Å². The molecule has 0 aliphatic heterocycles. The highest BCUT2D eigenvalue weighted by Crippen LogP contribution is 2.31. The van der Waals surface area contributed by atoms with Crippen LogP contribution < -0.4 is 9.62 Å². The lowest BCUT2D eigenvalue weighted by Gasteiger charge is -2.34. The Hall–Kier alpha value is -4.14. The number of nitrogens with zero attached hydrogens (tertiary/aromatic N) is 2. The molecule has 4 aromatic rings. The molecule has 0 saturated carbocycles. The molecule has 1 N–H and O–H groups in total. The number of hydrogen-bond acceptors (Lipinski definition) is 4. The van der Waals surface area contributed by atoms with Crippen molar-refractivity contribution >= 4 is 39.1 Å². The molecule has 1 atom stereocenters. The minimum Gasteiger partial charge on any atom is -0.355 e. The topological polar surface area (TPSA) is 86.8 Å². The van der Waals surface area contributed by atoms with E-state index in [1.807, 2.05) is 68.4 Å². The first-order valence-corrected chi connectivity index (χ1v) is 15.5. The number of rotatable bonds is 12. The summed E-state index contributed by atoms with van der Waals surface area (Å²) < 4.78 is 29.0. The van der Waals surface area contributed by atoms with Crippen LogP contribution in [-0.2, 0) is 32.6 Å². The number of likely N-dealkylation sites (N-methyl/N-ethyl adjacent to an activating group) is 1. The normalized spacial score (nSPS) is 11.9. The smallest absolute Gasteiger partial charge is 0.264 e. The van der Waals surface area contributed by atoms with Crippen LogP contribution >= 0.6 is 11.6 Å². The summed E-state index contributed by atoms with van der Waals surface area (Å²) in [4.78, 5) is 29.4. The fourth-order valence-electron chi connectivity index (χ4n) is 4.70. The lowest BCUT2D eigenvalue weighted by molar-refractivity contribution is -0.140. The van der Waals surface area contributed by atoms with Crippen molar-refractivity contribution in [2.75, 3.05) is 17.4 Å². The van der Waals surface area contributed by atoms with E-state index in [4.69, 9.17) is 11.6 Å². The van der Waals surface area contributed by atoms with Crippen molar-refractivity contribution in [2.45, 2.75) is 37.8 Å². The van der Waals surface area contributed by atoms with Crippen LogP contribution in [0.15, 0.2) is 114 Å². The van der Waals surface area contributed by atoms with Crippen LogP contribution in [0.5, 0.6) is 0 Å². The zero-order valence-corrected chi connectivity index (χ0v) is 25.2. The lowest BCUT2D eigenvalue weighted by atomic mass is 10.0. The van der Waals surface area contributed by atoms with E-state index in [0.29, 0.717) is 6.54 Å². The van der Waals surface area contributed by atoms with Gasteiger partial charge in [-0.1, -0.05) is 96.5 Å². The van der Waals surface area contributed by atoms with Crippen LogP contribution in [0.1, 0.15) is 23.6 Å². The summed E-state index contributed by atoms with van der Waals surface area (Å²) in [6, 6.07) is 30.6. The highest BCUT2D eigenvalue weighted by Gasteiger charge is 2.35. The van der Waals surface area contributed by atoms with Crippen LogP contribution in [0.3, 0.4) is 0 Å². The predicted molar refractivity (Wildman–Crippen MR) is 167 cm³/mol. The van der Waals surface area contributed by atoms with E-state index in [-0.39, 0.29) is 34.5 Å². The number of hydrogen-bond donors (Lipinski definition) is 1. The number of para-hydroxylation sites is 1. The first-order valence-electron chi connectivity index (χ1n) is 13.7. The Labute approximate surface area is 252 Å². The van der Waals surface area contributed by atoms with E-state index in [1.54, 1.807) is 42.5 Å². The molecular weight excluding hydrogens is 570 g/mol. The Morgan fingerprint density at radius 2 is 1.43 bits per heavy atom. The minimum absolute atomic E-state index is 0.0211. The van der Waals surface area contributed by atoms with Crippen LogP contribution in [-0.4, -0.2) is 44.3 Å². The molecule has 0 aliphatic carbocycles. The molecule has 0 radical (unpaired) electrons. The standard InChI is InChI=1S/C33H34ClN3O4S/c1-3-35-33(39)31(22-26-15-6-4-7-16-26)36(23-27-17-11-10-14-25(27)2)32(38)24-37(30-21-13-12-20-29(30)34)42(40,41)28-18-8-5-9-19-28/h4-21,31H,3,22-24H2,1-2H3,(H,35,39). The third-order valence-corrected chi connectivity index (χ3v) is 9.05. The van der Waals surface area contributed by atoms with E-state index in [0.717, 1.165) is 21.0 Å². The highest BCUT2D eigenvalue weighted by molar-refractivity contribution is 7.92. The number of halogens is 1. The van der Waals surface area contributed by atoms with Crippen LogP contribution in [0, 0.1) is 6.92 Å². The largest absolute Gasteiger partial charge is 0.355 e. The van der Waals surface area contributed by atoms with Crippen LogP contribution in [0.4, 0.5) is 5.69 Å². The second-order valence-corrected chi connectivity index (χ2v) is 12.1. The zero-order chi connectivity index (χ0) is 30.1. The molecule has 0 heterocycles. The third-order valence-electron chi connectivity index (χ3n) is 6.96.